The van der Waals surface area contributed by atoms with Gasteiger partial charge < -0.3 is 15.7 Å². The summed E-state index contributed by atoms with van der Waals surface area (Å²) in [4.78, 5) is 33.7. The van der Waals surface area contributed by atoms with Gasteiger partial charge in [0.15, 0.2) is 0 Å². The fourth-order valence-electron chi connectivity index (χ4n) is 1.79. The van der Waals surface area contributed by atoms with Crippen LogP contribution >= 0.6 is 0 Å². The van der Waals surface area contributed by atoms with Crippen LogP contribution in [-0.4, -0.2) is 35.5 Å². The zero-order chi connectivity index (χ0) is 14.6. The first-order valence-electron chi connectivity index (χ1n) is 6.50. The van der Waals surface area contributed by atoms with Crippen LogP contribution in [0.5, 0.6) is 0 Å². The third kappa shape index (κ3) is 4.89. The first-order valence-corrected chi connectivity index (χ1v) is 6.50. The Balaban J connectivity index is 2.13. The van der Waals surface area contributed by atoms with E-state index in [1.54, 1.807) is 0 Å². The topological polar surface area (TPSA) is 95.5 Å². The largest absolute Gasteiger partial charge is 0.481 e. The highest BCUT2D eigenvalue weighted by Gasteiger charge is 2.35. The van der Waals surface area contributed by atoms with Gasteiger partial charge >= 0.3 is 5.97 Å². The summed E-state index contributed by atoms with van der Waals surface area (Å²) in [6, 6.07) is -0.0353. The Morgan fingerprint density at radius 1 is 1.21 bits per heavy atom. The van der Waals surface area contributed by atoms with Gasteiger partial charge in [-0.15, -0.1) is 0 Å². The molecule has 1 fully saturated rings. The SMILES string of the molecule is CC(C)(C)C(=O)NCCC(=O)NC1CC(C(=O)O)C1. The summed E-state index contributed by atoms with van der Waals surface area (Å²) in [7, 11) is 0. The van der Waals surface area contributed by atoms with E-state index < -0.39 is 11.4 Å². The number of hydrogen-bond acceptors (Lipinski definition) is 3. The number of nitrogens with one attached hydrogen (secondary N) is 2. The lowest BCUT2D eigenvalue weighted by Crippen LogP contribution is -2.47. The Kier molecular flexibility index (Phi) is 4.91. The Bertz CT molecular complexity index is 367. The highest BCUT2D eigenvalue weighted by Crippen LogP contribution is 2.27. The van der Waals surface area contributed by atoms with Crippen LogP contribution in [0.3, 0.4) is 0 Å². The zero-order valence-electron chi connectivity index (χ0n) is 11.7. The second-order valence-corrected chi connectivity index (χ2v) is 6.03. The van der Waals surface area contributed by atoms with Gasteiger partial charge in [0.25, 0.3) is 0 Å². The van der Waals surface area contributed by atoms with Crippen LogP contribution in [0.15, 0.2) is 0 Å². The van der Waals surface area contributed by atoms with Gasteiger partial charge in [0, 0.05) is 24.4 Å². The van der Waals surface area contributed by atoms with E-state index >= 15 is 0 Å². The fourth-order valence-corrected chi connectivity index (χ4v) is 1.79. The predicted octanol–water partition coefficient (Wildman–Crippen LogP) is 0.518. The van der Waals surface area contributed by atoms with Crippen LogP contribution < -0.4 is 10.6 Å². The number of rotatable bonds is 5. The lowest BCUT2D eigenvalue weighted by Gasteiger charge is -2.32. The number of carbonyl (C=O) groups is 3. The van der Waals surface area contributed by atoms with Gasteiger partial charge in [-0.05, 0) is 12.8 Å². The molecule has 3 N–H and O–H groups in total. The van der Waals surface area contributed by atoms with Gasteiger partial charge in [-0.3, -0.25) is 14.4 Å². The minimum atomic E-state index is -0.803. The molecule has 1 rings (SSSR count). The van der Waals surface area contributed by atoms with E-state index in [0.29, 0.717) is 19.4 Å². The van der Waals surface area contributed by atoms with Crippen LogP contribution in [0.1, 0.15) is 40.0 Å². The van der Waals surface area contributed by atoms with Crippen LogP contribution in [0.2, 0.25) is 0 Å². The molecule has 2 amide bonds. The van der Waals surface area contributed by atoms with Gasteiger partial charge in [0.2, 0.25) is 11.8 Å². The van der Waals surface area contributed by atoms with Gasteiger partial charge in [-0.2, -0.15) is 0 Å². The fraction of sp³-hybridized carbons (Fsp3) is 0.769. The van der Waals surface area contributed by atoms with E-state index in [9.17, 15) is 14.4 Å². The smallest absolute Gasteiger partial charge is 0.306 e. The monoisotopic (exact) mass is 270 g/mol. The summed E-state index contributed by atoms with van der Waals surface area (Å²) in [6.45, 7) is 5.73. The maximum absolute atomic E-state index is 11.5. The summed E-state index contributed by atoms with van der Waals surface area (Å²) < 4.78 is 0. The molecule has 0 spiro atoms. The lowest BCUT2D eigenvalue weighted by molar-refractivity contribution is -0.146. The van der Waals surface area contributed by atoms with Gasteiger partial charge in [-0.1, -0.05) is 20.8 Å². The molecular weight excluding hydrogens is 248 g/mol. The molecule has 1 aliphatic rings. The molecule has 1 aliphatic carbocycles. The molecule has 0 aromatic rings. The van der Waals surface area contributed by atoms with E-state index in [-0.39, 0.29) is 30.2 Å². The van der Waals surface area contributed by atoms with E-state index in [1.165, 1.54) is 0 Å². The van der Waals surface area contributed by atoms with Crippen molar-refractivity contribution >= 4 is 17.8 Å². The number of aliphatic carboxylic acids is 1. The third-order valence-corrected chi connectivity index (χ3v) is 3.17. The van der Waals surface area contributed by atoms with E-state index in [1.807, 2.05) is 20.8 Å². The van der Waals surface area contributed by atoms with Crippen molar-refractivity contribution in [1.29, 1.82) is 0 Å². The van der Waals surface area contributed by atoms with Crippen LogP contribution in [0.25, 0.3) is 0 Å². The van der Waals surface area contributed by atoms with Gasteiger partial charge in [0.1, 0.15) is 0 Å². The number of amides is 2. The number of carboxylic acid groups (broad SMARTS) is 1. The molecule has 0 radical (unpaired) electrons. The first kappa shape index (κ1) is 15.5. The summed E-state index contributed by atoms with van der Waals surface area (Å²) in [5, 5.41) is 14.2. The van der Waals surface area contributed by atoms with Crippen molar-refractivity contribution in [2.75, 3.05) is 6.54 Å². The molecule has 6 nitrogen and oxygen atoms in total. The number of carboxylic acids is 1. The summed E-state index contributed by atoms with van der Waals surface area (Å²) in [5.74, 6) is -1.37. The van der Waals surface area contributed by atoms with E-state index in [0.717, 1.165) is 0 Å². The maximum atomic E-state index is 11.5. The van der Waals surface area contributed by atoms with Crippen molar-refractivity contribution in [3.05, 3.63) is 0 Å². The molecule has 19 heavy (non-hydrogen) atoms. The van der Waals surface area contributed by atoms with Crippen molar-refractivity contribution in [1.82, 2.24) is 10.6 Å². The Labute approximate surface area is 112 Å². The Morgan fingerprint density at radius 2 is 1.79 bits per heavy atom. The molecule has 0 unspecified atom stereocenters. The Hall–Kier alpha value is -1.59. The standard InChI is InChI=1S/C13H22N2O4/c1-13(2,3)12(19)14-5-4-10(16)15-9-6-8(7-9)11(17)18/h8-9H,4-7H2,1-3H3,(H,14,19)(H,15,16)(H,17,18). The second kappa shape index (κ2) is 6.04. The van der Waals surface area contributed by atoms with Crippen LogP contribution in [0, 0.1) is 11.3 Å². The average Bonchev–Trinajstić information content (AvgIpc) is 2.20. The quantitative estimate of drug-likeness (QED) is 0.678. The minimum Gasteiger partial charge on any atom is -0.481 e. The molecule has 0 aromatic heterocycles. The molecule has 0 bridgehead atoms. The molecule has 0 heterocycles. The molecule has 6 heteroatoms. The second-order valence-electron chi connectivity index (χ2n) is 6.03. The van der Waals surface area contributed by atoms with E-state index in [2.05, 4.69) is 10.6 Å². The highest BCUT2D eigenvalue weighted by molar-refractivity contribution is 5.82. The van der Waals surface area contributed by atoms with Crippen molar-refractivity contribution in [3.8, 4) is 0 Å². The van der Waals surface area contributed by atoms with E-state index in [4.69, 9.17) is 5.11 Å². The summed E-state index contributed by atoms with van der Waals surface area (Å²) in [6.07, 6.45) is 1.21. The maximum Gasteiger partial charge on any atom is 0.306 e. The number of hydrogen-bond donors (Lipinski definition) is 3. The molecule has 0 saturated heterocycles. The van der Waals surface area contributed by atoms with Crippen LogP contribution in [-0.2, 0) is 14.4 Å². The normalized spacial score (nSPS) is 22.3. The summed E-state index contributed by atoms with van der Waals surface area (Å²) in [5.41, 5.74) is -0.459. The molecule has 0 aromatic carbocycles. The zero-order valence-corrected chi connectivity index (χ0v) is 11.7. The number of carbonyl (C=O) groups excluding carboxylic acids is 2. The molecule has 1 saturated carbocycles. The van der Waals surface area contributed by atoms with Crippen molar-refractivity contribution in [2.45, 2.75) is 46.1 Å². The first-order chi connectivity index (χ1) is 8.70. The average molecular weight is 270 g/mol. The van der Waals surface area contributed by atoms with Crippen molar-refractivity contribution in [2.24, 2.45) is 11.3 Å². The molecular formula is C13H22N2O4. The van der Waals surface area contributed by atoms with Crippen LogP contribution in [0.4, 0.5) is 0 Å². The highest BCUT2D eigenvalue weighted by atomic mass is 16.4. The molecule has 108 valence electrons. The van der Waals surface area contributed by atoms with Gasteiger partial charge in [-0.25, -0.2) is 0 Å². The molecule has 0 aliphatic heterocycles. The third-order valence-electron chi connectivity index (χ3n) is 3.17. The van der Waals surface area contributed by atoms with Crippen molar-refractivity contribution < 1.29 is 19.5 Å². The lowest BCUT2D eigenvalue weighted by atomic mass is 9.80. The van der Waals surface area contributed by atoms with Crippen molar-refractivity contribution in [3.63, 3.8) is 0 Å². The molecule has 0 atom stereocenters. The summed E-state index contributed by atoms with van der Waals surface area (Å²) >= 11 is 0. The minimum absolute atomic E-state index is 0.0353. The van der Waals surface area contributed by atoms with Gasteiger partial charge in [0.05, 0.1) is 5.92 Å². The predicted molar refractivity (Wildman–Crippen MR) is 69.4 cm³/mol. The Morgan fingerprint density at radius 3 is 2.26 bits per heavy atom.